The number of benzene rings is 2. The van der Waals surface area contributed by atoms with Crippen LogP contribution in [-0.2, 0) is 4.79 Å². The fourth-order valence-corrected chi connectivity index (χ4v) is 2.28. The van der Waals surface area contributed by atoms with Crippen molar-refractivity contribution in [2.45, 2.75) is 0 Å². The number of hydrogen-bond donors (Lipinski definition) is 3. The van der Waals surface area contributed by atoms with Crippen LogP contribution in [0.5, 0.6) is 0 Å². The van der Waals surface area contributed by atoms with E-state index in [4.69, 9.17) is 0 Å². The number of para-hydroxylation sites is 1. The smallest absolute Gasteiger partial charge is 0.334 e. The lowest BCUT2D eigenvalue weighted by atomic mass is 10.2. The standard InChI is InChI=1S/C15H11N5O5/c21-15(16-9-4-2-1-3-5-9)13(20(24)25)14-17-11-7-6-10(19(22)23)8-12(11)18-14/h1-8,17-18H,(H,16,21)/b14-13-. The van der Waals surface area contributed by atoms with Crippen molar-refractivity contribution < 1.29 is 14.6 Å². The van der Waals surface area contributed by atoms with Gasteiger partial charge in [-0.1, -0.05) is 18.2 Å². The van der Waals surface area contributed by atoms with Crippen LogP contribution in [0, 0.1) is 20.2 Å². The molecule has 1 heterocycles. The van der Waals surface area contributed by atoms with E-state index >= 15 is 0 Å². The molecule has 0 fully saturated rings. The van der Waals surface area contributed by atoms with E-state index in [1.807, 2.05) is 0 Å². The zero-order valence-electron chi connectivity index (χ0n) is 12.6. The SMILES string of the molecule is O=C(Nc1ccccc1)/C(=C1\Nc2ccc([N+](=O)[O-])cc2N1)[N+](=O)[O-]. The van der Waals surface area contributed by atoms with Crippen molar-refractivity contribution in [3.8, 4) is 0 Å². The Bertz CT molecular complexity index is 910. The predicted molar refractivity (Wildman–Crippen MR) is 89.4 cm³/mol. The van der Waals surface area contributed by atoms with Gasteiger partial charge in [-0.25, -0.2) is 0 Å². The van der Waals surface area contributed by atoms with Gasteiger partial charge in [0, 0.05) is 17.8 Å². The molecule has 0 unspecified atom stereocenters. The van der Waals surface area contributed by atoms with E-state index in [0.717, 1.165) is 0 Å². The van der Waals surface area contributed by atoms with E-state index in [9.17, 15) is 25.0 Å². The average Bonchev–Trinajstić information content (AvgIpc) is 2.97. The Morgan fingerprint density at radius 3 is 2.28 bits per heavy atom. The summed E-state index contributed by atoms with van der Waals surface area (Å²) in [5.41, 5.74) is 0.163. The van der Waals surface area contributed by atoms with E-state index < -0.39 is 21.5 Å². The van der Waals surface area contributed by atoms with E-state index in [-0.39, 0.29) is 17.2 Å². The number of anilines is 3. The van der Waals surface area contributed by atoms with Gasteiger partial charge in [0.05, 0.1) is 21.2 Å². The van der Waals surface area contributed by atoms with Gasteiger partial charge in [0.2, 0.25) is 0 Å². The van der Waals surface area contributed by atoms with Crippen LogP contribution < -0.4 is 16.0 Å². The second kappa shape index (κ2) is 6.28. The molecule has 1 aliphatic rings. The van der Waals surface area contributed by atoms with E-state index in [1.54, 1.807) is 30.3 Å². The minimum absolute atomic E-state index is 0.158. The average molecular weight is 341 g/mol. The molecule has 0 bridgehead atoms. The van der Waals surface area contributed by atoms with Gasteiger partial charge in [0.15, 0.2) is 5.82 Å². The summed E-state index contributed by atoms with van der Waals surface area (Å²) in [5, 5.41) is 29.9. The molecule has 0 atom stereocenters. The van der Waals surface area contributed by atoms with Gasteiger partial charge in [0.1, 0.15) is 0 Å². The first-order chi connectivity index (χ1) is 12.0. The topological polar surface area (TPSA) is 139 Å². The van der Waals surface area contributed by atoms with Crippen LogP contribution in [-0.4, -0.2) is 15.8 Å². The fourth-order valence-electron chi connectivity index (χ4n) is 2.28. The monoisotopic (exact) mass is 341 g/mol. The molecule has 10 nitrogen and oxygen atoms in total. The van der Waals surface area contributed by atoms with Crippen molar-refractivity contribution in [1.82, 2.24) is 0 Å². The van der Waals surface area contributed by atoms with Crippen molar-refractivity contribution in [2.24, 2.45) is 0 Å². The van der Waals surface area contributed by atoms with Gasteiger partial charge in [-0.05, 0) is 18.2 Å². The quantitative estimate of drug-likeness (QED) is 0.441. The van der Waals surface area contributed by atoms with Crippen LogP contribution in [0.4, 0.5) is 22.7 Å². The normalized spacial score (nSPS) is 13.9. The largest absolute Gasteiger partial charge is 0.373 e. The molecule has 0 aromatic heterocycles. The Kier molecular flexibility index (Phi) is 4.00. The first kappa shape index (κ1) is 15.9. The first-order valence-corrected chi connectivity index (χ1v) is 7.03. The van der Waals surface area contributed by atoms with Crippen LogP contribution in [0.15, 0.2) is 60.0 Å². The summed E-state index contributed by atoms with van der Waals surface area (Å²) in [6.07, 6.45) is 0. The number of nitro benzene ring substituents is 1. The summed E-state index contributed by atoms with van der Waals surface area (Å²) in [5.74, 6) is -1.08. The number of nitro groups is 2. The summed E-state index contributed by atoms with van der Waals surface area (Å²) in [6.45, 7) is 0. The Hall–Kier alpha value is -3.95. The van der Waals surface area contributed by atoms with Crippen molar-refractivity contribution in [1.29, 1.82) is 0 Å². The number of carbonyl (C=O) groups excluding carboxylic acids is 1. The molecule has 2 aromatic rings. The van der Waals surface area contributed by atoms with Gasteiger partial charge in [-0.15, -0.1) is 0 Å². The third-order valence-corrected chi connectivity index (χ3v) is 3.40. The minimum Gasteiger partial charge on any atom is -0.334 e. The minimum atomic E-state index is -0.923. The van der Waals surface area contributed by atoms with E-state index in [1.165, 1.54) is 18.2 Å². The van der Waals surface area contributed by atoms with E-state index in [0.29, 0.717) is 11.4 Å². The number of carbonyl (C=O) groups is 1. The van der Waals surface area contributed by atoms with Gasteiger partial charge in [-0.3, -0.25) is 25.0 Å². The number of rotatable bonds is 4. The first-order valence-electron chi connectivity index (χ1n) is 7.03. The lowest BCUT2D eigenvalue weighted by molar-refractivity contribution is -0.419. The molecule has 25 heavy (non-hydrogen) atoms. The fraction of sp³-hybridized carbons (Fsp3) is 0. The highest BCUT2D eigenvalue weighted by Crippen LogP contribution is 2.34. The second-order valence-electron chi connectivity index (χ2n) is 5.04. The van der Waals surface area contributed by atoms with Gasteiger partial charge in [0.25, 0.3) is 5.69 Å². The summed E-state index contributed by atoms with van der Waals surface area (Å²) >= 11 is 0. The van der Waals surface area contributed by atoms with Crippen LogP contribution in [0.1, 0.15) is 0 Å². The maximum Gasteiger partial charge on any atom is 0.373 e. The summed E-state index contributed by atoms with van der Waals surface area (Å²) in [4.78, 5) is 33.0. The number of fused-ring (bicyclic) bond motifs is 1. The van der Waals surface area contributed by atoms with Crippen LogP contribution in [0.25, 0.3) is 0 Å². The molecule has 126 valence electrons. The number of amides is 1. The molecule has 1 amide bonds. The van der Waals surface area contributed by atoms with Crippen LogP contribution in [0.3, 0.4) is 0 Å². The number of hydrogen-bond acceptors (Lipinski definition) is 7. The summed E-state index contributed by atoms with van der Waals surface area (Å²) < 4.78 is 0. The highest BCUT2D eigenvalue weighted by atomic mass is 16.6. The lowest BCUT2D eigenvalue weighted by Gasteiger charge is -2.05. The molecule has 0 saturated carbocycles. The lowest BCUT2D eigenvalue weighted by Crippen LogP contribution is -2.24. The van der Waals surface area contributed by atoms with Crippen molar-refractivity contribution in [2.75, 3.05) is 16.0 Å². The molecule has 0 radical (unpaired) electrons. The summed E-state index contributed by atoms with van der Waals surface area (Å²) in [6, 6.07) is 12.2. The number of non-ortho nitro benzene ring substituents is 1. The van der Waals surface area contributed by atoms with Gasteiger partial charge in [-0.2, -0.15) is 0 Å². The van der Waals surface area contributed by atoms with Crippen LogP contribution >= 0.6 is 0 Å². The molecule has 0 spiro atoms. The molecule has 3 N–H and O–H groups in total. The molecular formula is C15H11N5O5. The zero-order chi connectivity index (χ0) is 18.0. The molecule has 0 saturated heterocycles. The third kappa shape index (κ3) is 3.22. The van der Waals surface area contributed by atoms with Crippen molar-refractivity contribution in [3.63, 3.8) is 0 Å². The Balaban J connectivity index is 1.91. The second-order valence-corrected chi connectivity index (χ2v) is 5.04. The Morgan fingerprint density at radius 2 is 1.64 bits per heavy atom. The molecule has 1 aliphatic heterocycles. The molecule has 10 heteroatoms. The van der Waals surface area contributed by atoms with Crippen LogP contribution in [0.2, 0.25) is 0 Å². The van der Waals surface area contributed by atoms with Gasteiger partial charge >= 0.3 is 11.6 Å². The predicted octanol–water partition coefficient (Wildman–Crippen LogP) is 2.52. The molecule has 3 rings (SSSR count). The molecule has 0 aliphatic carbocycles. The summed E-state index contributed by atoms with van der Waals surface area (Å²) in [7, 11) is 0. The molecular weight excluding hydrogens is 330 g/mol. The van der Waals surface area contributed by atoms with E-state index in [2.05, 4.69) is 16.0 Å². The maximum atomic E-state index is 12.3. The molecule has 2 aromatic carbocycles. The Morgan fingerprint density at radius 1 is 0.960 bits per heavy atom. The number of nitrogens with one attached hydrogen (secondary N) is 3. The highest BCUT2D eigenvalue weighted by Gasteiger charge is 2.32. The maximum absolute atomic E-state index is 12.3. The van der Waals surface area contributed by atoms with Crippen molar-refractivity contribution in [3.05, 3.63) is 80.3 Å². The third-order valence-electron chi connectivity index (χ3n) is 3.40. The van der Waals surface area contributed by atoms with Crippen molar-refractivity contribution >= 4 is 28.7 Å². The van der Waals surface area contributed by atoms with Gasteiger partial charge < -0.3 is 16.0 Å². The number of nitrogens with zero attached hydrogens (tertiary/aromatic N) is 2. The Labute approximate surface area is 140 Å². The highest BCUT2D eigenvalue weighted by molar-refractivity contribution is 6.03. The zero-order valence-corrected chi connectivity index (χ0v) is 12.6.